The third-order valence-corrected chi connectivity index (χ3v) is 4.10. The van der Waals surface area contributed by atoms with E-state index in [1.54, 1.807) is 0 Å². The zero-order chi connectivity index (χ0) is 15.1. The van der Waals surface area contributed by atoms with Gasteiger partial charge in [0.2, 0.25) is 5.91 Å². The van der Waals surface area contributed by atoms with Crippen LogP contribution in [-0.2, 0) is 11.2 Å². The van der Waals surface area contributed by atoms with Crippen molar-refractivity contribution in [1.82, 2.24) is 15.1 Å². The molecule has 1 aromatic rings. The molecule has 0 bridgehead atoms. The number of hydrogen-bond donors (Lipinski definition) is 1. The van der Waals surface area contributed by atoms with Crippen molar-refractivity contribution in [2.75, 3.05) is 46.3 Å². The van der Waals surface area contributed by atoms with Crippen LogP contribution in [0.1, 0.15) is 17.5 Å². The van der Waals surface area contributed by atoms with Gasteiger partial charge in [-0.3, -0.25) is 9.69 Å². The first-order valence-electron chi connectivity index (χ1n) is 7.88. The number of carbonyl (C=O) groups is 1. The maximum absolute atomic E-state index is 12.2. The standard InChI is InChI=1S/C17H27N3O/c1-15-4-3-5-16(14-15)6-7-17(21)19(2)12-13-20-10-8-18-9-11-20/h3-5,14,18H,6-13H2,1-2H3. The van der Waals surface area contributed by atoms with Gasteiger partial charge in [0.25, 0.3) is 0 Å². The number of nitrogens with one attached hydrogen (secondary N) is 1. The molecule has 4 heteroatoms. The summed E-state index contributed by atoms with van der Waals surface area (Å²) in [6, 6.07) is 8.41. The fourth-order valence-corrected chi connectivity index (χ4v) is 2.66. The average molecular weight is 289 g/mol. The first-order chi connectivity index (χ1) is 10.1. The molecular formula is C17H27N3O. The van der Waals surface area contributed by atoms with Gasteiger partial charge in [-0.05, 0) is 18.9 Å². The third-order valence-electron chi connectivity index (χ3n) is 4.10. The van der Waals surface area contributed by atoms with E-state index in [1.165, 1.54) is 11.1 Å². The van der Waals surface area contributed by atoms with Crippen molar-refractivity contribution in [2.24, 2.45) is 0 Å². The fraction of sp³-hybridized carbons (Fsp3) is 0.588. The summed E-state index contributed by atoms with van der Waals surface area (Å²) < 4.78 is 0. The van der Waals surface area contributed by atoms with Crippen molar-refractivity contribution in [2.45, 2.75) is 19.8 Å². The summed E-state index contributed by atoms with van der Waals surface area (Å²) in [6.07, 6.45) is 1.43. The van der Waals surface area contributed by atoms with Crippen molar-refractivity contribution in [3.63, 3.8) is 0 Å². The minimum atomic E-state index is 0.242. The Labute approximate surface area is 128 Å². The number of likely N-dealkylation sites (N-methyl/N-ethyl adjacent to an activating group) is 1. The third kappa shape index (κ3) is 5.48. The van der Waals surface area contributed by atoms with Gasteiger partial charge in [0.05, 0.1) is 0 Å². The van der Waals surface area contributed by atoms with Crippen LogP contribution < -0.4 is 5.32 Å². The van der Waals surface area contributed by atoms with Gasteiger partial charge in [-0.2, -0.15) is 0 Å². The van der Waals surface area contributed by atoms with E-state index >= 15 is 0 Å². The largest absolute Gasteiger partial charge is 0.344 e. The van der Waals surface area contributed by atoms with Gasteiger partial charge in [-0.1, -0.05) is 29.8 Å². The predicted molar refractivity (Wildman–Crippen MR) is 86.4 cm³/mol. The lowest BCUT2D eigenvalue weighted by atomic mass is 10.1. The Kier molecular flexibility index (Phi) is 6.21. The lowest BCUT2D eigenvalue weighted by Crippen LogP contribution is -2.46. The van der Waals surface area contributed by atoms with E-state index in [0.29, 0.717) is 6.42 Å². The van der Waals surface area contributed by atoms with Gasteiger partial charge >= 0.3 is 0 Å². The van der Waals surface area contributed by atoms with Crippen LogP contribution in [-0.4, -0.2) is 62.0 Å². The molecule has 116 valence electrons. The summed E-state index contributed by atoms with van der Waals surface area (Å²) in [4.78, 5) is 16.5. The van der Waals surface area contributed by atoms with E-state index in [-0.39, 0.29) is 5.91 Å². The Morgan fingerprint density at radius 2 is 2.10 bits per heavy atom. The van der Waals surface area contributed by atoms with Crippen LogP contribution in [0.2, 0.25) is 0 Å². The van der Waals surface area contributed by atoms with Crippen molar-refractivity contribution >= 4 is 5.91 Å². The molecule has 1 aromatic carbocycles. The van der Waals surface area contributed by atoms with Gasteiger partial charge in [-0.15, -0.1) is 0 Å². The molecule has 0 radical (unpaired) electrons. The van der Waals surface area contributed by atoms with Crippen LogP contribution in [0.3, 0.4) is 0 Å². The number of rotatable bonds is 6. The molecule has 0 spiro atoms. The highest BCUT2D eigenvalue weighted by molar-refractivity contribution is 5.76. The molecule has 0 unspecified atom stereocenters. The predicted octanol–water partition coefficient (Wildman–Crippen LogP) is 1.29. The van der Waals surface area contributed by atoms with E-state index in [2.05, 4.69) is 41.4 Å². The van der Waals surface area contributed by atoms with Crippen molar-refractivity contribution < 1.29 is 4.79 Å². The van der Waals surface area contributed by atoms with Gasteiger partial charge in [0, 0.05) is 52.7 Å². The summed E-state index contributed by atoms with van der Waals surface area (Å²) in [7, 11) is 1.92. The smallest absolute Gasteiger partial charge is 0.222 e. The summed E-state index contributed by atoms with van der Waals surface area (Å²) in [5, 5.41) is 3.35. The monoisotopic (exact) mass is 289 g/mol. The number of aryl methyl sites for hydroxylation is 2. The van der Waals surface area contributed by atoms with Crippen LogP contribution in [0.4, 0.5) is 0 Å². The Morgan fingerprint density at radius 3 is 2.81 bits per heavy atom. The number of piperazine rings is 1. The van der Waals surface area contributed by atoms with E-state index in [0.717, 1.165) is 45.7 Å². The van der Waals surface area contributed by atoms with E-state index in [9.17, 15) is 4.79 Å². The minimum absolute atomic E-state index is 0.242. The number of amides is 1. The summed E-state index contributed by atoms with van der Waals surface area (Å²) in [5.41, 5.74) is 2.51. The van der Waals surface area contributed by atoms with Crippen molar-refractivity contribution in [3.8, 4) is 0 Å². The highest BCUT2D eigenvalue weighted by atomic mass is 16.2. The molecular weight excluding hydrogens is 262 g/mol. The van der Waals surface area contributed by atoms with Crippen molar-refractivity contribution in [3.05, 3.63) is 35.4 Å². The van der Waals surface area contributed by atoms with Crippen LogP contribution in [0.15, 0.2) is 24.3 Å². The molecule has 1 heterocycles. The number of nitrogens with zero attached hydrogens (tertiary/aromatic N) is 2. The molecule has 1 aliphatic rings. The maximum atomic E-state index is 12.2. The summed E-state index contributed by atoms with van der Waals surface area (Å²) in [6.45, 7) is 8.19. The summed E-state index contributed by atoms with van der Waals surface area (Å²) in [5.74, 6) is 0.242. The van der Waals surface area contributed by atoms with Gasteiger partial charge in [-0.25, -0.2) is 0 Å². The quantitative estimate of drug-likeness (QED) is 0.857. The Morgan fingerprint density at radius 1 is 1.33 bits per heavy atom. The first kappa shape index (κ1) is 16.0. The highest BCUT2D eigenvalue weighted by Crippen LogP contribution is 2.07. The molecule has 0 atom stereocenters. The molecule has 1 aliphatic heterocycles. The molecule has 1 fully saturated rings. The highest BCUT2D eigenvalue weighted by Gasteiger charge is 2.13. The lowest BCUT2D eigenvalue weighted by molar-refractivity contribution is -0.130. The van der Waals surface area contributed by atoms with E-state index in [4.69, 9.17) is 0 Å². The second-order valence-corrected chi connectivity index (χ2v) is 5.90. The molecule has 0 saturated carbocycles. The van der Waals surface area contributed by atoms with E-state index < -0.39 is 0 Å². The average Bonchev–Trinajstić information content (AvgIpc) is 2.51. The molecule has 1 saturated heterocycles. The number of hydrogen-bond acceptors (Lipinski definition) is 3. The molecule has 4 nitrogen and oxygen atoms in total. The number of benzene rings is 1. The first-order valence-corrected chi connectivity index (χ1v) is 7.88. The van der Waals surface area contributed by atoms with Crippen LogP contribution in [0, 0.1) is 6.92 Å². The fourth-order valence-electron chi connectivity index (χ4n) is 2.66. The molecule has 0 aliphatic carbocycles. The zero-order valence-corrected chi connectivity index (χ0v) is 13.3. The SMILES string of the molecule is Cc1cccc(CCC(=O)N(C)CCN2CCNCC2)c1. The second-order valence-electron chi connectivity index (χ2n) is 5.90. The molecule has 2 rings (SSSR count). The summed E-state index contributed by atoms with van der Waals surface area (Å²) >= 11 is 0. The van der Waals surface area contributed by atoms with Crippen LogP contribution in [0.25, 0.3) is 0 Å². The van der Waals surface area contributed by atoms with Crippen molar-refractivity contribution in [1.29, 1.82) is 0 Å². The topological polar surface area (TPSA) is 35.6 Å². The Hall–Kier alpha value is -1.39. The van der Waals surface area contributed by atoms with Gasteiger partial charge in [0.15, 0.2) is 0 Å². The maximum Gasteiger partial charge on any atom is 0.222 e. The molecule has 0 aromatic heterocycles. The molecule has 21 heavy (non-hydrogen) atoms. The molecule has 1 N–H and O–H groups in total. The van der Waals surface area contributed by atoms with Crippen LogP contribution >= 0.6 is 0 Å². The van der Waals surface area contributed by atoms with E-state index in [1.807, 2.05) is 11.9 Å². The van der Waals surface area contributed by atoms with Gasteiger partial charge < -0.3 is 10.2 Å². The van der Waals surface area contributed by atoms with Gasteiger partial charge in [0.1, 0.15) is 0 Å². The zero-order valence-electron chi connectivity index (χ0n) is 13.3. The lowest BCUT2D eigenvalue weighted by Gasteiger charge is -2.29. The number of carbonyl (C=O) groups excluding carboxylic acids is 1. The Balaban J connectivity index is 1.69. The van der Waals surface area contributed by atoms with Crippen LogP contribution in [0.5, 0.6) is 0 Å². The second kappa shape index (κ2) is 8.15. The Bertz CT molecular complexity index is 455. The molecule has 1 amide bonds. The normalized spacial score (nSPS) is 15.9. The minimum Gasteiger partial charge on any atom is -0.344 e.